The van der Waals surface area contributed by atoms with Crippen LogP contribution in [0, 0.1) is 6.92 Å². The molecule has 0 unspecified atom stereocenters. The van der Waals surface area contributed by atoms with Crippen LogP contribution < -0.4 is 5.56 Å². The lowest BCUT2D eigenvalue weighted by Crippen LogP contribution is -2.52. The molecule has 1 aromatic carbocycles. The molecule has 2 fully saturated rings. The lowest BCUT2D eigenvalue weighted by atomic mass is 9.93. The quantitative estimate of drug-likeness (QED) is 0.636. The summed E-state index contributed by atoms with van der Waals surface area (Å²) >= 11 is 0. The van der Waals surface area contributed by atoms with Gasteiger partial charge in [0.25, 0.3) is 5.56 Å². The van der Waals surface area contributed by atoms with Gasteiger partial charge in [0.15, 0.2) is 5.82 Å². The third-order valence-corrected chi connectivity index (χ3v) is 7.59. The highest BCUT2D eigenvalue weighted by Crippen LogP contribution is 2.31. The largest absolute Gasteiger partial charge is 0.321 e. The number of benzene rings is 1. The lowest BCUT2D eigenvalue weighted by molar-refractivity contribution is 0.0606. The predicted molar refractivity (Wildman–Crippen MR) is 134 cm³/mol. The second-order valence-corrected chi connectivity index (χ2v) is 11.0. The standard InChI is InChI=1S/C26H37N7O/c1-18-9-8-10-19-17-21(25(34)27-22(18)19)23(24-28-29-30-33(24)26(2,3)4)32-15-13-31(14-16-32)20-11-6-5-7-12-20/h8-10,17,20,23H,5-7,11-16H2,1-4H3,(H,27,34)/t23-/m0/s1. The van der Waals surface area contributed by atoms with E-state index in [2.05, 4.69) is 57.1 Å². The van der Waals surface area contributed by atoms with Gasteiger partial charge in [-0.05, 0) is 68.0 Å². The van der Waals surface area contributed by atoms with Crippen molar-refractivity contribution in [2.75, 3.05) is 26.2 Å². The molecule has 1 saturated carbocycles. The Labute approximate surface area is 201 Å². The van der Waals surface area contributed by atoms with Crippen LogP contribution in [0.25, 0.3) is 10.9 Å². The topological polar surface area (TPSA) is 82.9 Å². The maximum Gasteiger partial charge on any atom is 0.253 e. The van der Waals surface area contributed by atoms with E-state index in [0.29, 0.717) is 11.6 Å². The van der Waals surface area contributed by atoms with Gasteiger partial charge in [-0.25, -0.2) is 4.68 Å². The van der Waals surface area contributed by atoms with Crippen LogP contribution in [0.3, 0.4) is 0 Å². The molecule has 1 aliphatic heterocycles. The number of aromatic nitrogens is 5. The number of para-hydroxylation sites is 1. The van der Waals surface area contributed by atoms with Crippen LogP contribution in [0.15, 0.2) is 29.1 Å². The average Bonchev–Trinajstić information content (AvgIpc) is 3.32. The van der Waals surface area contributed by atoms with E-state index in [-0.39, 0.29) is 17.1 Å². The molecule has 8 heteroatoms. The van der Waals surface area contributed by atoms with Gasteiger partial charge >= 0.3 is 0 Å². The van der Waals surface area contributed by atoms with Gasteiger partial charge in [-0.15, -0.1) is 5.10 Å². The molecule has 1 saturated heterocycles. The predicted octanol–water partition coefficient (Wildman–Crippen LogP) is 3.62. The zero-order valence-electron chi connectivity index (χ0n) is 20.9. The summed E-state index contributed by atoms with van der Waals surface area (Å²) in [4.78, 5) is 21.7. The molecule has 2 aromatic heterocycles. The molecule has 1 atom stereocenters. The van der Waals surface area contributed by atoms with Crippen LogP contribution in [0.2, 0.25) is 0 Å². The molecule has 2 aliphatic rings. The van der Waals surface area contributed by atoms with Crippen molar-refractivity contribution in [3.05, 3.63) is 51.6 Å². The van der Waals surface area contributed by atoms with Gasteiger partial charge in [-0.3, -0.25) is 14.6 Å². The number of piperazine rings is 1. The van der Waals surface area contributed by atoms with Crippen LogP contribution in [0.1, 0.15) is 75.9 Å². The lowest BCUT2D eigenvalue weighted by Gasteiger charge is -2.43. The number of tetrazole rings is 1. The molecule has 1 N–H and O–H groups in total. The molecule has 3 aromatic rings. The highest BCUT2D eigenvalue weighted by molar-refractivity contribution is 5.82. The number of fused-ring (bicyclic) bond motifs is 1. The SMILES string of the molecule is Cc1cccc2cc([C@@H](c3nnnn3C(C)(C)C)N3CCN(C4CCCCC4)CC3)c(=O)[nH]c12. The zero-order valence-corrected chi connectivity index (χ0v) is 20.9. The molecular weight excluding hydrogens is 426 g/mol. The summed E-state index contributed by atoms with van der Waals surface area (Å²) < 4.78 is 1.88. The Bertz CT molecular complexity index is 1190. The van der Waals surface area contributed by atoms with E-state index >= 15 is 0 Å². The maximum atomic E-state index is 13.5. The summed E-state index contributed by atoms with van der Waals surface area (Å²) in [5.74, 6) is 0.733. The van der Waals surface area contributed by atoms with Gasteiger partial charge in [0.05, 0.1) is 11.1 Å². The van der Waals surface area contributed by atoms with E-state index in [1.807, 2.05) is 29.8 Å². The van der Waals surface area contributed by atoms with E-state index in [9.17, 15) is 4.79 Å². The first-order valence-electron chi connectivity index (χ1n) is 12.7. The van der Waals surface area contributed by atoms with E-state index < -0.39 is 0 Å². The molecular formula is C26H37N7O. The molecule has 3 heterocycles. The number of aryl methyl sites for hydroxylation is 1. The Hall–Kier alpha value is -2.58. The van der Waals surface area contributed by atoms with Gasteiger partial charge in [0.1, 0.15) is 6.04 Å². The molecule has 8 nitrogen and oxygen atoms in total. The fraction of sp³-hybridized carbons (Fsp3) is 0.615. The van der Waals surface area contributed by atoms with Crippen molar-refractivity contribution in [1.29, 1.82) is 0 Å². The summed E-state index contributed by atoms with van der Waals surface area (Å²) in [6.07, 6.45) is 6.70. The second-order valence-electron chi connectivity index (χ2n) is 11.0. The van der Waals surface area contributed by atoms with Gasteiger partial charge in [-0.2, -0.15) is 0 Å². The Morgan fingerprint density at radius 2 is 1.79 bits per heavy atom. The van der Waals surface area contributed by atoms with Crippen LogP contribution in [-0.2, 0) is 5.54 Å². The van der Waals surface area contributed by atoms with Crippen molar-refractivity contribution in [3.63, 3.8) is 0 Å². The Balaban J connectivity index is 1.53. The molecule has 5 rings (SSSR count). The molecule has 0 radical (unpaired) electrons. The van der Waals surface area contributed by atoms with Gasteiger partial charge in [0, 0.05) is 37.8 Å². The van der Waals surface area contributed by atoms with Crippen molar-refractivity contribution in [3.8, 4) is 0 Å². The highest BCUT2D eigenvalue weighted by Gasteiger charge is 2.36. The minimum Gasteiger partial charge on any atom is -0.321 e. The maximum absolute atomic E-state index is 13.5. The third kappa shape index (κ3) is 4.41. The van der Waals surface area contributed by atoms with Crippen LogP contribution in [0.5, 0.6) is 0 Å². The van der Waals surface area contributed by atoms with Crippen LogP contribution in [-0.4, -0.2) is 67.2 Å². The Morgan fingerprint density at radius 1 is 1.06 bits per heavy atom. The molecule has 0 amide bonds. The molecule has 0 bridgehead atoms. The van der Waals surface area contributed by atoms with E-state index in [4.69, 9.17) is 0 Å². The Kier molecular flexibility index (Phi) is 6.29. The number of pyridine rings is 1. The van der Waals surface area contributed by atoms with Gasteiger partial charge < -0.3 is 4.98 Å². The normalized spacial score (nSPS) is 20.1. The number of hydrogen-bond acceptors (Lipinski definition) is 6. The van der Waals surface area contributed by atoms with E-state index in [1.165, 1.54) is 32.1 Å². The molecule has 0 spiro atoms. The van der Waals surface area contributed by atoms with E-state index in [1.54, 1.807) is 0 Å². The number of rotatable bonds is 4. The zero-order chi connectivity index (χ0) is 23.9. The smallest absolute Gasteiger partial charge is 0.253 e. The van der Waals surface area contributed by atoms with Crippen molar-refractivity contribution in [2.45, 2.75) is 77.4 Å². The van der Waals surface area contributed by atoms with E-state index in [0.717, 1.165) is 48.5 Å². The summed E-state index contributed by atoms with van der Waals surface area (Å²) in [6, 6.07) is 8.59. The van der Waals surface area contributed by atoms with Crippen molar-refractivity contribution < 1.29 is 0 Å². The Morgan fingerprint density at radius 3 is 2.50 bits per heavy atom. The summed E-state index contributed by atoms with van der Waals surface area (Å²) in [5, 5.41) is 13.9. The number of nitrogens with zero attached hydrogens (tertiary/aromatic N) is 6. The summed E-state index contributed by atoms with van der Waals surface area (Å²) in [7, 11) is 0. The highest BCUT2D eigenvalue weighted by atomic mass is 16.1. The summed E-state index contributed by atoms with van der Waals surface area (Å²) in [5.41, 5.74) is 2.32. The fourth-order valence-electron chi connectivity index (χ4n) is 5.75. The van der Waals surface area contributed by atoms with Crippen molar-refractivity contribution >= 4 is 10.9 Å². The minimum absolute atomic E-state index is 0.0648. The second kappa shape index (κ2) is 9.23. The monoisotopic (exact) mass is 463 g/mol. The first-order valence-corrected chi connectivity index (χ1v) is 12.7. The first-order chi connectivity index (χ1) is 16.3. The van der Waals surface area contributed by atoms with Crippen LogP contribution >= 0.6 is 0 Å². The number of hydrogen-bond donors (Lipinski definition) is 1. The van der Waals surface area contributed by atoms with Crippen molar-refractivity contribution in [1.82, 2.24) is 35.0 Å². The molecule has 1 aliphatic carbocycles. The molecule has 182 valence electrons. The average molecular weight is 464 g/mol. The van der Waals surface area contributed by atoms with Crippen LogP contribution in [0.4, 0.5) is 0 Å². The molecule has 34 heavy (non-hydrogen) atoms. The first kappa shape index (κ1) is 23.2. The number of aromatic amines is 1. The van der Waals surface area contributed by atoms with Gasteiger partial charge in [0.2, 0.25) is 0 Å². The van der Waals surface area contributed by atoms with Crippen molar-refractivity contribution in [2.24, 2.45) is 0 Å². The summed E-state index contributed by atoms with van der Waals surface area (Å²) in [6.45, 7) is 12.1. The minimum atomic E-state index is -0.295. The number of H-pyrrole nitrogens is 1. The fourth-order valence-corrected chi connectivity index (χ4v) is 5.75. The third-order valence-electron chi connectivity index (χ3n) is 7.59. The van der Waals surface area contributed by atoms with Gasteiger partial charge in [-0.1, -0.05) is 37.5 Å². The number of nitrogens with one attached hydrogen (secondary N) is 1.